The van der Waals surface area contributed by atoms with Crippen LogP contribution in [0, 0.1) is 11.3 Å². The average Bonchev–Trinajstić information content (AvgIpc) is 2.70. The Morgan fingerprint density at radius 1 is 0.821 bits per heavy atom. The van der Waals surface area contributed by atoms with Crippen molar-refractivity contribution in [3.05, 3.63) is 91.0 Å². The molecule has 0 saturated carbocycles. The fourth-order valence-corrected chi connectivity index (χ4v) is 5.25. The van der Waals surface area contributed by atoms with Gasteiger partial charge in [-0.25, -0.2) is 8.87 Å². The number of hydrogen-bond acceptors (Lipinski definition) is 6. The van der Waals surface area contributed by atoms with Gasteiger partial charge in [0.1, 0.15) is 17.8 Å². The van der Waals surface area contributed by atoms with E-state index < -0.39 is 7.60 Å². The van der Waals surface area contributed by atoms with Crippen LogP contribution in [-0.2, 0) is 4.57 Å². The van der Waals surface area contributed by atoms with Gasteiger partial charge < -0.3 is 9.05 Å². The van der Waals surface area contributed by atoms with Gasteiger partial charge in [0.25, 0.3) is 0 Å². The van der Waals surface area contributed by atoms with Gasteiger partial charge in [-0.15, -0.1) is 0 Å². The second kappa shape index (κ2) is 10.0. The average molecular weight is 410 g/mol. The Labute approximate surface area is 169 Å². The van der Waals surface area contributed by atoms with Crippen molar-refractivity contribution < 1.29 is 13.6 Å². The van der Waals surface area contributed by atoms with Crippen molar-refractivity contribution in [3.8, 4) is 17.6 Å². The number of rotatable bonds is 9. The van der Waals surface area contributed by atoms with Crippen LogP contribution >= 0.6 is 19.5 Å². The Bertz CT molecular complexity index is 904. The topological polar surface area (TPSA) is 62.6 Å². The molecule has 28 heavy (non-hydrogen) atoms. The highest BCUT2D eigenvalue weighted by molar-refractivity contribution is 7.97. The number of benzene rings is 3. The number of hydrogen-bond donors (Lipinski definition) is 0. The normalized spacial score (nSPS) is 11.0. The lowest BCUT2D eigenvalue weighted by atomic mass is 10.3. The highest BCUT2D eigenvalue weighted by Gasteiger charge is 2.32. The lowest BCUT2D eigenvalue weighted by Gasteiger charge is -2.25. The van der Waals surface area contributed by atoms with Crippen LogP contribution in [0.4, 0.5) is 0 Å². The molecular formula is C21H19N2O3PS. The molecule has 3 aromatic rings. The summed E-state index contributed by atoms with van der Waals surface area (Å²) in [6.45, 7) is 0.0693. The molecule has 0 heterocycles. The van der Waals surface area contributed by atoms with E-state index in [0.717, 1.165) is 4.90 Å². The number of nitriles is 1. The van der Waals surface area contributed by atoms with Crippen molar-refractivity contribution in [2.24, 2.45) is 0 Å². The number of para-hydroxylation sites is 2. The largest absolute Gasteiger partial charge is 0.445 e. The molecule has 5 nitrogen and oxygen atoms in total. The summed E-state index contributed by atoms with van der Waals surface area (Å²) >= 11 is 1.34. The van der Waals surface area contributed by atoms with Gasteiger partial charge in [-0.2, -0.15) is 5.26 Å². The molecule has 142 valence electrons. The van der Waals surface area contributed by atoms with Crippen LogP contribution in [0.15, 0.2) is 95.9 Å². The van der Waals surface area contributed by atoms with Crippen LogP contribution in [0.5, 0.6) is 11.5 Å². The lowest BCUT2D eigenvalue weighted by Crippen LogP contribution is -2.21. The van der Waals surface area contributed by atoms with Gasteiger partial charge in [0.15, 0.2) is 0 Å². The van der Waals surface area contributed by atoms with Gasteiger partial charge in [0.2, 0.25) is 0 Å². The van der Waals surface area contributed by atoms with Gasteiger partial charge in [-0.1, -0.05) is 54.6 Å². The molecule has 0 aliphatic rings. The fourth-order valence-electron chi connectivity index (χ4n) is 2.37. The summed E-state index contributed by atoms with van der Waals surface area (Å²) in [6.07, 6.45) is -0.0517. The Kier molecular flexibility index (Phi) is 7.16. The van der Waals surface area contributed by atoms with Gasteiger partial charge >= 0.3 is 7.60 Å². The maximum Gasteiger partial charge on any atom is 0.445 e. The summed E-state index contributed by atoms with van der Waals surface area (Å²) in [5.74, 6) is 0.895. The van der Waals surface area contributed by atoms with Crippen LogP contribution in [-0.4, -0.2) is 17.1 Å². The first-order valence-corrected chi connectivity index (χ1v) is 11.1. The van der Waals surface area contributed by atoms with Crippen molar-refractivity contribution >= 4 is 19.5 Å². The summed E-state index contributed by atoms with van der Waals surface area (Å²) in [4.78, 5) is 0.934. The number of nitrogens with zero attached hydrogens (tertiary/aromatic N) is 2. The zero-order chi connectivity index (χ0) is 19.7. The lowest BCUT2D eigenvalue weighted by molar-refractivity contribution is 0.369. The van der Waals surface area contributed by atoms with E-state index >= 15 is 0 Å². The molecule has 0 unspecified atom stereocenters. The minimum absolute atomic E-state index is 0.0517. The Morgan fingerprint density at radius 3 is 1.75 bits per heavy atom. The van der Waals surface area contributed by atoms with Crippen molar-refractivity contribution in [1.29, 1.82) is 5.26 Å². The predicted molar refractivity (Wildman–Crippen MR) is 111 cm³/mol. The summed E-state index contributed by atoms with van der Waals surface area (Å²) < 4.78 is 26.9. The molecule has 0 radical (unpaired) electrons. The van der Waals surface area contributed by atoms with Gasteiger partial charge in [0, 0.05) is 4.90 Å². The van der Waals surface area contributed by atoms with Crippen molar-refractivity contribution in [1.82, 2.24) is 4.31 Å². The molecular weight excluding hydrogens is 391 g/mol. The summed E-state index contributed by atoms with van der Waals surface area (Å²) in [5, 5.41) is 9.21. The summed E-state index contributed by atoms with van der Waals surface area (Å²) in [6, 6.07) is 29.5. The maximum absolute atomic E-state index is 13.6. The van der Waals surface area contributed by atoms with Crippen molar-refractivity contribution in [2.75, 3.05) is 12.8 Å². The highest BCUT2D eigenvalue weighted by atomic mass is 32.2. The molecule has 0 amide bonds. The third-order valence-electron chi connectivity index (χ3n) is 3.53. The third kappa shape index (κ3) is 6.17. The smallest absolute Gasteiger partial charge is 0.415 e. The van der Waals surface area contributed by atoms with E-state index in [0.29, 0.717) is 11.5 Å². The minimum atomic E-state index is -3.63. The van der Waals surface area contributed by atoms with Crippen molar-refractivity contribution in [3.63, 3.8) is 0 Å². The molecule has 0 fully saturated rings. The zero-order valence-electron chi connectivity index (χ0n) is 15.0. The van der Waals surface area contributed by atoms with E-state index in [2.05, 4.69) is 6.07 Å². The van der Waals surface area contributed by atoms with Gasteiger partial charge in [0.05, 0.1) is 12.6 Å². The molecule has 0 aliphatic carbocycles. The monoisotopic (exact) mass is 410 g/mol. The molecule has 7 heteroatoms. The molecule has 0 spiro atoms. The molecule has 3 rings (SSSR count). The van der Waals surface area contributed by atoms with E-state index in [9.17, 15) is 9.83 Å². The first-order valence-electron chi connectivity index (χ1n) is 8.60. The Balaban J connectivity index is 1.83. The van der Waals surface area contributed by atoms with E-state index in [1.807, 2.05) is 42.5 Å². The fraction of sp³-hybridized carbons (Fsp3) is 0.0952. The maximum atomic E-state index is 13.6. The molecule has 0 aliphatic heterocycles. The standard InChI is InChI=1S/C21H19N2O3PS/c22-16-17-23(28-21-14-8-3-9-15-21)18-27(24,25-19-10-4-1-5-11-19)26-20-12-6-2-7-13-20/h1-15H,17-18H2. The molecule has 0 atom stereocenters. The minimum Gasteiger partial charge on any atom is -0.415 e. The second-order valence-electron chi connectivity index (χ2n) is 5.76. The van der Waals surface area contributed by atoms with E-state index in [1.165, 1.54) is 11.9 Å². The van der Waals surface area contributed by atoms with E-state index in [-0.39, 0.29) is 12.8 Å². The Morgan fingerprint density at radius 2 is 1.29 bits per heavy atom. The molecule has 0 saturated heterocycles. The first kappa shape index (κ1) is 20.0. The first-order chi connectivity index (χ1) is 13.7. The van der Waals surface area contributed by atoms with Crippen molar-refractivity contribution in [2.45, 2.75) is 4.90 Å². The van der Waals surface area contributed by atoms with Crippen LogP contribution in [0.1, 0.15) is 0 Å². The molecule has 0 bridgehead atoms. The van der Waals surface area contributed by atoms with E-state index in [1.54, 1.807) is 52.8 Å². The van der Waals surface area contributed by atoms with Crippen LogP contribution in [0.2, 0.25) is 0 Å². The van der Waals surface area contributed by atoms with Crippen LogP contribution in [0.3, 0.4) is 0 Å². The zero-order valence-corrected chi connectivity index (χ0v) is 16.8. The highest BCUT2D eigenvalue weighted by Crippen LogP contribution is 2.50. The molecule has 3 aromatic carbocycles. The molecule has 0 aromatic heterocycles. The summed E-state index contributed by atoms with van der Waals surface area (Å²) in [5.41, 5.74) is 0. The van der Waals surface area contributed by atoms with E-state index in [4.69, 9.17) is 9.05 Å². The summed E-state index contributed by atoms with van der Waals surface area (Å²) in [7, 11) is -3.63. The Hall–Kier alpha value is -2.71. The van der Waals surface area contributed by atoms with Crippen LogP contribution in [0.25, 0.3) is 0 Å². The quantitative estimate of drug-likeness (QED) is 0.251. The van der Waals surface area contributed by atoms with Gasteiger partial charge in [-0.05, 0) is 48.3 Å². The predicted octanol–water partition coefficient (Wildman–Crippen LogP) is 5.83. The van der Waals surface area contributed by atoms with Crippen LogP contribution < -0.4 is 9.05 Å². The SMILES string of the molecule is N#CCN(CP(=O)(Oc1ccccc1)Oc1ccccc1)Sc1ccccc1. The third-order valence-corrected chi connectivity index (χ3v) is 6.39. The van der Waals surface area contributed by atoms with Gasteiger partial charge in [-0.3, -0.25) is 0 Å². The second-order valence-corrected chi connectivity index (χ2v) is 8.80. The molecule has 0 N–H and O–H groups in total.